The van der Waals surface area contributed by atoms with E-state index in [9.17, 15) is 0 Å². The van der Waals surface area contributed by atoms with Gasteiger partial charge in [-0.1, -0.05) is 26.7 Å². The van der Waals surface area contributed by atoms with Gasteiger partial charge in [0.2, 0.25) is 0 Å². The molecular formula is C14H27N3S. The van der Waals surface area contributed by atoms with E-state index in [1.54, 1.807) is 11.3 Å². The molecule has 0 saturated carbocycles. The summed E-state index contributed by atoms with van der Waals surface area (Å²) in [6.07, 6.45) is 2.50. The normalized spacial score (nSPS) is 13.0. The van der Waals surface area contributed by atoms with Crippen LogP contribution in [-0.4, -0.2) is 25.1 Å². The number of hydrogen-bond acceptors (Lipinski definition) is 4. The topological polar surface area (TPSA) is 28.2 Å². The number of nitrogens with one attached hydrogen (secondary N) is 1. The van der Waals surface area contributed by atoms with Gasteiger partial charge in [0.25, 0.3) is 0 Å². The predicted molar refractivity (Wildman–Crippen MR) is 81.5 cm³/mol. The Morgan fingerprint density at radius 1 is 1.33 bits per heavy atom. The molecule has 0 aliphatic rings. The van der Waals surface area contributed by atoms with Crippen molar-refractivity contribution in [2.75, 3.05) is 25.0 Å². The predicted octanol–water partition coefficient (Wildman–Crippen LogP) is 3.69. The quantitative estimate of drug-likeness (QED) is 0.780. The maximum Gasteiger partial charge on any atom is 0.185 e. The zero-order valence-electron chi connectivity index (χ0n) is 12.4. The fourth-order valence-corrected chi connectivity index (χ4v) is 2.96. The van der Waals surface area contributed by atoms with E-state index in [0.29, 0.717) is 6.04 Å². The molecule has 1 N–H and O–H groups in total. The van der Waals surface area contributed by atoms with Gasteiger partial charge in [0, 0.05) is 24.5 Å². The summed E-state index contributed by atoms with van der Waals surface area (Å²) in [5, 5.41) is 6.58. The minimum atomic E-state index is 0.335. The number of hydrogen-bond donors (Lipinski definition) is 1. The van der Waals surface area contributed by atoms with E-state index in [0.717, 1.165) is 24.7 Å². The van der Waals surface area contributed by atoms with E-state index in [-0.39, 0.29) is 0 Å². The highest BCUT2D eigenvalue weighted by Crippen LogP contribution is 2.25. The Morgan fingerprint density at radius 3 is 2.50 bits per heavy atom. The van der Waals surface area contributed by atoms with Crippen molar-refractivity contribution in [2.45, 2.75) is 46.6 Å². The van der Waals surface area contributed by atoms with Crippen molar-refractivity contribution < 1.29 is 0 Å². The van der Waals surface area contributed by atoms with Crippen molar-refractivity contribution in [3.05, 3.63) is 11.1 Å². The van der Waals surface area contributed by atoms with Crippen LogP contribution in [0.25, 0.3) is 0 Å². The van der Waals surface area contributed by atoms with Crippen LogP contribution in [0.3, 0.4) is 0 Å². The first-order valence-corrected chi connectivity index (χ1v) is 7.91. The lowest BCUT2D eigenvalue weighted by Crippen LogP contribution is -2.29. The molecule has 18 heavy (non-hydrogen) atoms. The second kappa shape index (κ2) is 7.74. The van der Waals surface area contributed by atoms with Crippen LogP contribution in [0.5, 0.6) is 0 Å². The summed E-state index contributed by atoms with van der Waals surface area (Å²) in [6.45, 7) is 11.1. The number of thiazole rings is 1. The molecule has 0 amide bonds. The van der Waals surface area contributed by atoms with Crippen LogP contribution in [0, 0.1) is 5.92 Å². The molecule has 0 aromatic carbocycles. The maximum absolute atomic E-state index is 4.76. The van der Waals surface area contributed by atoms with E-state index in [1.165, 1.54) is 18.0 Å². The Morgan fingerprint density at radius 2 is 2.00 bits per heavy atom. The SMILES string of the molecule is CCC(CC)CN(CC)c1nc(C(C)NC)cs1. The Hall–Kier alpha value is -0.610. The summed E-state index contributed by atoms with van der Waals surface area (Å²) in [5.74, 6) is 0.777. The molecule has 0 spiro atoms. The standard InChI is InChI=1S/C14H27N3S/c1-6-12(7-2)9-17(8-3)14-16-13(10-18-14)11(4)15-5/h10-12,15H,6-9H2,1-5H3. The zero-order chi connectivity index (χ0) is 13.5. The first kappa shape index (κ1) is 15.4. The first-order chi connectivity index (χ1) is 8.65. The molecule has 104 valence electrons. The summed E-state index contributed by atoms with van der Waals surface area (Å²) < 4.78 is 0. The smallest absolute Gasteiger partial charge is 0.185 e. The van der Waals surface area contributed by atoms with Crippen LogP contribution in [0.15, 0.2) is 5.38 Å². The summed E-state index contributed by atoms with van der Waals surface area (Å²) in [6, 6.07) is 0.335. The summed E-state index contributed by atoms with van der Waals surface area (Å²) in [5.41, 5.74) is 1.15. The summed E-state index contributed by atoms with van der Waals surface area (Å²) in [7, 11) is 1.98. The third-order valence-electron chi connectivity index (χ3n) is 3.67. The minimum Gasteiger partial charge on any atom is -0.348 e. The lowest BCUT2D eigenvalue weighted by atomic mass is 10.0. The van der Waals surface area contributed by atoms with Gasteiger partial charge in [0.15, 0.2) is 5.13 Å². The van der Waals surface area contributed by atoms with Gasteiger partial charge in [-0.15, -0.1) is 11.3 Å². The Labute approximate surface area is 116 Å². The molecule has 1 atom stereocenters. The maximum atomic E-state index is 4.76. The van der Waals surface area contributed by atoms with E-state index >= 15 is 0 Å². The second-order valence-corrected chi connectivity index (χ2v) is 5.62. The van der Waals surface area contributed by atoms with E-state index < -0.39 is 0 Å². The minimum absolute atomic E-state index is 0.335. The van der Waals surface area contributed by atoms with Crippen molar-refractivity contribution in [1.82, 2.24) is 10.3 Å². The fraction of sp³-hybridized carbons (Fsp3) is 0.786. The molecule has 1 rings (SSSR count). The van der Waals surface area contributed by atoms with Crippen molar-refractivity contribution in [1.29, 1.82) is 0 Å². The van der Waals surface area contributed by atoms with Gasteiger partial charge >= 0.3 is 0 Å². The van der Waals surface area contributed by atoms with E-state index in [4.69, 9.17) is 4.98 Å². The molecule has 1 heterocycles. The molecule has 0 radical (unpaired) electrons. The van der Waals surface area contributed by atoms with Crippen LogP contribution >= 0.6 is 11.3 Å². The van der Waals surface area contributed by atoms with E-state index in [1.807, 2.05) is 7.05 Å². The molecule has 0 fully saturated rings. The van der Waals surface area contributed by atoms with Gasteiger partial charge in [-0.05, 0) is 26.8 Å². The second-order valence-electron chi connectivity index (χ2n) is 4.79. The fourth-order valence-electron chi connectivity index (χ4n) is 1.97. The summed E-state index contributed by atoms with van der Waals surface area (Å²) >= 11 is 1.76. The highest BCUT2D eigenvalue weighted by atomic mass is 32.1. The number of aromatic nitrogens is 1. The van der Waals surface area contributed by atoms with Crippen LogP contribution < -0.4 is 10.2 Å². The van der Waals surface area contributed by atoms with E-state index in [2.05, 4.69) is 43.3 Å². The zero-order valence-corrected chi connectivity index (χ0v) is 13.2. The molecule has 0 saturated heterocycles. The van der Waals surface area contributed by atoms with Gasteiger partial charge in [0.05, 0.1) is 5.69 Å². The van der Waals surface area contributed by atoms with Crippen LogP contribution in [0.4, 0.5) is 5.13 Å². The van der Waals surface area contributed by atoms with Crippen molar-refractivity contribution in [3.63, 3.8) is 0 Å². The third-order valence-corrected chi connectivity index (χ3v) is 4.59. The Bertz CT molecular complexity index is 334. The van der Waals surface area contributed by atoms with Gasteiger partial charge in [-0.25, -0.2) is 4.98 Å². The van der Waals surface area contributed by atoms with Crippen LogP contribution in [0.1, 0.15) is 52.3 Å². The van der Waals surface area contributed by atoms with Crippen molar-refractivity contribution >= 4 is 16.5 Å². The van der Waals surface area contributed by atoms with Gasteiger partial charge in [-0.3, -0.25) is 0 Å². The lowest BCUT2D eigenvalue weighted by Gasteiger charge is -2.24. The average molecular weight is 269 g/mol. The van der Waals surface area contributed by atoms with Gasteiger partial charge in [0.1, 0.15) is 0 Å². The van der Waals surface area contributed by atoms with Crippen molar-refractivity contribution in [3.8, 4) is 0 Å². The number of anilines is 1. The Kier molecular flexibility index (Phi) is 6.65. The number of rotatable bonds is 8. The molecule has 0 aliphatic carbocycles. The summed E-state index contributed by atoms with van der Waals surface area (Å²) in [4.78, 5) is 7.17. The molecule has 1 aromatic heterocycles. The molecular weight excluding hydrogens is 242 g/mol. The van der Waals surface area contributed by atoms with Crippen molar-refractivity contribution in [2.24, 2.45) is 5.92 Å². The third kappa shape index (κ3) is 3.95. The molecule has 1 aromatic rings. The average Bonchev–Trinajstić information content (AvgIpc) is 2.89. The molecule has 3 nitrogen and oxygen atoms in total. The number of nitrogens with zero attached hydrogens (tertiary/aromatic N) is 2. The Balaban J connectivity index is 2.73. The molecule has 0 bridgehead atoms. The van der Waals surface area contributed by atoms with Gasteiger partial charge in [-0.2, -0.15) is 0 Å². The van der Waals surface area contributed by atoms with Crippen LogP contribution in [0.2, 0.25) is 0 Å². The molecule has 0 aliphatic heterocycles. The highest BCUT2D eigenvalue weighted by Gasteiger charge is 2.15. The molecule has 4 heteroatoms. The first-order valence-electron chi connectivity index (χ1n) is 7.03. The van der Waals surface area contributed by atoms with Gasteiger partial charge < -0.3 is 10.2 Å². The monoisotopic (exact) mass is 269 g/mol. The largest absolute Gasteiger partial charge is 0.348 e. The highest BCUT2D eigenvalue weighted by molar-refractivity contribution is 7.13. The van der Waals surface area contributed by atoms with Crippen LogP contribution in [-0.2, 0) is 0 Å². The molecule has 1 unspecified atom stereocenters. The lowest BCUT2D eigenvalue weighted by molar-refractivity contribution is 0.485.